The molecule has 0 spiro atoms. The Bertz CT molecular complexity index is 1200. The summed E-state index contributed by atoms with van der Waals surface area (Å²) in [5.41, 5.74) is 1.25. The van der Waals surface area contributed by atoms with Crippen molar-refractivity contribution in [2.75, 3.05) is 0 Å². The minimum atomic E-state index is -0.306. The van der Waals surface area contributed by atoms with Gasteiger partial charge in [0.05, 0.1) is 16.7 Å². The van der Waals surface area contributed by atoms with E-state index in [2.05, 4.69) is 26.7 Å². The number of benzene rings is 2. The maximum atomic E-state index is 13.2. The molecule has 2 heterocycles. The molecule has 140 valence electrons. The van der Waals surface area contributed by atoms with Crippen molar-refractivity contribution >= 4 is 22.7 Å². The number of H-pyrrole nitrogens is 1. The summed E-state index contributed by atoms with van der Waals surface area (Å²) in [7, 11) is 0. The zero-order chi connectivity index (χ0) is 19.5. The molecule has 0 saturated carbocycles. The standard InChI is InChI=1S/C20H16FN5OS/c1-2-11-26-18(13-7-9-14(21)10-8-13)24-25-20(26)28-12-17-22-16-6-4-3-5-15(16)19(27)23-17/h2-10H,1,11-12H2,(H,22,23,27). The summed E-state index contributed by atoms with van der Waals surface area (Å²) < 4.78 is 15.1. The van der Waals surface area contributed by atoms with E-state index >= 15 is 0 Å². The Labute approximate surface area is 164 Å². The van der Waals surface area contributed by atoms with Crippen molar-refractivity contribution in [3.8, 4) is 11.4 Å². The highest BCUT2D eigenvalue weighted by molar-refractivity contribution is 7.98. The van der Waals surface area contributed by atoms with Gasteiger partial charge in [0, 0.05) is 12.1 Å². The number of aromatic nitrogens is 5. The molecule has 0 bridgehead atoms. The van der Waals surface area contributed by atoms with Crippen LogP contribution in [-0.2, 0) is 12.3 Å². The lowest BCUT2D eigenvalue weighted by Crippen LogP contribution is -2.11. The van der Waals surface area contributed by atoms with Crippen molar-refractivity contribution in [1.82, 2.24) is 24.7 Å². The summed E-state index contributed by atoms with van der Waals surface area (Å²) in [5, 5.41) is 9.71. The highest BCUT2D eigenvalue weighted by atomic mass is 32.2. The second-order valence-electron chi connectivity index (χ2n) is 6.03. The van der Waals surface area contributed by atoms with E-state index in [1.807, 2.05) is 22.8 Å². The van der Waals surface area contributed by atoms with Crippen LogP contribution in [0.25, 0.3) is 22.3 Å². The molecule has 0 atom stereocenters. The predicted molar refractivity (Wildman–Crippen MR) is 108 cm³/mol. The molecule has 2 aromatic carbocycles. The lowest BCUT2D eigenvalue weighted by atomic mass is 10.2. The number of aromatic amines is 1. The van der Waals surface area contributed by atoms with Crippen molar-refractivity contribution in [2.24, 2.45) is 0 Å². The number of thioether (sulfide) groups is 1. The average molecular weight is 393 g/mol. The van der Waals surface area contributed by atoms with Crippen LogP contribution in [-0.4, -0.2) is 24.7 Å². The van der Waals surface area contributed by atoms with Crippen molar-refractivity contribution in [3.63, 3.8) is 0 Å². The highest BCUT2D eigenvalue weighted by Gasteiger charge is 2.14. The van der Waals surface area contributed by atoms with E-state index in [1.165, 1.54) is 23.9 Å². The summed E-state index contributed by atoms with van der Waals surface area (Å²) in [6.07, 6.45) is 1.75. The molecule has 0 saturated heterocycles. The van der Waals surface area contributed by atoms with Crippen LogP contribution in [0.15, 0.2) is 71.1 Å². The van der Waals surface area contributed by atoms with Gasteiger partial charge in [-0.2, -0.15) is 0 Å². The molecule has 0 unspecified atom stereocenters. The van der Waals surface area contributed by atoms with Crippen LogP contribution in [0, 0.1) is 5.82 Å². The molecular weight excluding hydrogens is 377 g/mol. The quantitative estimate of drug-likeness (QED) is 0.398. The SMILES string of the molecule is C=CCn1c(SCc2nc3ccccc3c(=O)[nH]2)nnc1-c1ccc(F)cc1. The number of hydrogen-bond donors (Lipinski definition) is 1. The van der Waals surface area contributed by atoms with Gasteiger partial charge in [-0.3, -0.25) is 9.36 Å². The molecule has 0 amide bonds. The van der Waals surface area contributed by atoms with Crippen LogP contribution in [0.2, 0.25) is 0 Å². The first kappa shape index (κ1) is 18.1. The Morgan fingerprint density at radius 2 is 1.93 bits per heavy atom. The minimum absolute atomic E-state index is 0.166. The normalized spacial score (nSPS) is 11.0. The molecule has 0 radical (unpaired) electrons. The largest absolute Gasteiger partial charge is 0.309 e. The Kier molecular flexibility index (Phi) is 5.03. The fraction of sp³-hybridized carbons (Fsp3) is 0.100. The van der Waals surface area contributed by atoms with Gasteiger partial charge >= 0.3 is 0 Å². The molecule has 2 aromatic heterocycles. The maximum Gasteiger partial charge on any atom is 0.258 e. The number of para-hydroxylation sites is 1. The van der Waals surface area contributed by atoms with Gasteiger partial charge in [-0.25, -0.2) is 9.37 Å². The number of fused-ring (bicyclic) bond motifs is 1. The fourth-order valence-corrected chi connectivity index (χ4v) is 3.66. The summed E-state index contributed by atoms with van der Waals surface area (Å²) in [6.45, 7) is 4.29. The fourth-order valence-electron chi connectivity index (χ4n) is 2.84. The maximum absolute atomic E-state index is 13.2. The smallest absolute Gasteiger partial charge is 0.258 e. The molecule has 6 nitrogen and oxygen atoms in total. The molecule has 0 aliphatic carbocycles. The van der Waals surface area contributed by atoms with E-state index in [9.17, 15) is 9.18 Å². The van der Waals surface area contributed by atoms with Gasteiger partial charge < -0.3 is 4.98 Å². The van der Waals surface area contributed by atoms with Crippen molar-refractivity contribution in [3.05, 3.63) is 83.2 Å². The third-order valence-electron chi connectivity index (χ3n) is 4.13. The van der Waals surface area contributed by atoms with Gasteiger partial charge in [-0.05, 0) is 36.4 Å². The molecule has 1 N–H and O–H groups in total. The van der Waals surface area contributed by atoms with Gasteiger partial charge in [0.2, 0.25) is 0 Å². The number of nitrogens with zero attached hydrogens (tertiary/aromatic N) is 4. The van der Waals surface area contributed by atoms with Gasteiger partial charge in [-0.15, -0.1) is 16.8 Å². The van der Waals surface area contributed by atoms with Gasteiger partial charge in [0.1, 0.15) is 11.6 Å². The van der Waals surface area contributed by atoms with Gasteiger partial charge in [-0.1, -0.05) is 30.0 Å². The van der Waals surface area contributed by atoms with E-state index in [1.54, 1.807) is 24.3 Å². The van der Waals surface area contributed by atoms with E-state index in [4.69, 9.17) is 0 Å². The zero-order valence-corrected chi connectivity index (χ0v) is 15.6. The number of rotatable bonds is 6. The second-order valence-corrected chi connectivity index (χ2v) is 6.97. The summed E-state index contributed by atoms with van der Waals surface area (Å²) >= 11 is 1.41. The topological polar surface area (TPSA) is 76.5 Å². The third kappa shape index (κ3) is 3.59. The molecule has 8 heteroatoms. The molecule has 28 heavy (non-hydrogen) atoms. The van der Waals surface area contributed by atoms with Crippen LogP contribution < -0.4 is 5.56 Å². The van der Waals surface area contributed by atoms with Crippen molar-refractivity contribution in [1.29, 1.82) is 0 Å². The second kappa shape index (κ2) is 7.77. The van der Waals surface area contributed by atoms with E-state index in [0.29, 0.717) is 40.0 Å². The van der Waals surface area contributed by atoms with Crippen LogP contribution in [0.3, 0.4) is 0 Å². The first-order valence-corrected chi connectivity index (χ1v) is 9.55. The van der Waals surface area contributed by atoms with Gasteiger partial charge in [0.15, 0.2) is 11.0 Å². The Hall–Kier alpha value is -3.26. The van der Waals surface area contributed by atoms with E-state index in [0.717, 1.165) is 5.56 Å². The minimum Gasteiger partial charge on any atom is -0.309 e. The number of nitrogens with one attached hydrogen (secondary N) is 1. The molecular formula is C20H16FN5OS. The van der Waals surface area contributed by atoms with Crippen LogP contribution in [0.1, 0.15) is 5.82 Å². The lowest BCUT2D eigenvalue weighted by molar-refractivity contribution is 0.628. The van der Waals surface area contributed by atoms with Crippen LogP contribution >= 0.6 is 11.8 Å². The third-order valence-corrected chi connectivity index (χ3v) is 5.11. The molecule has 4 aromatic rings. The highest BCUT2D eigenvalue weighted by Crippen LogP contribution is 2.26. The van der Waals surface area contributed by atoms with E-state index < -0.39 is 0 Å². The zero-order valence-electron chi connectivity index (χ0n) is 14.8. The Balaban J connectivity index is 1.62. The first-order valence-electron chi connectivity index (χ1n) is 8.56. The number of halogens is 1. The summed E-state index contributed by atoms with van der Waals surface area (Å²) in [5.74, 6) is 1.31. The number of allylic oxidation sites excluding steroid dienone is 1. The summed E-state index contributed by atoms with van der Waals surface area (Å²) in [4.78, 5) is 19.5. The van der Waals surface area contributed by atoms with Crippen LogP contribution in [0.5, 0.6) is 0 Å². The van der Waals surface area contributed by atoms with E-state index in [-0.39, 0.29) is 11.4 Å². The average Bonchev–Trinajstić information content (AvgIpc) is 3.10. The van der Waals surface area contributed by atoms with Crippen molar-refractivity contribution in [2.45, 2.75) is 17.5 Å². The van der Waals surface area contributed by atoms with Crippen LogP contribution in [0.4, 0.5) is 4.39 Å². The predicted octanol–water partition coefficient (Wildman–Crippen LogP) is 3.80. The number of hydrogen-bond acceptors (Lipinski definition) is 5. The molecule has 0 aliphatic rings. The molecule has 4 rings (SSSR count). The summed E-state index contributed by atoms with van der Waals surface area (Å²) in [6, 6.07) is 13.3. The monoisotopic (exact) mass is 393 g/mol. The van der Waals surface area contributed by atoms with Crippen molar-refractivity contribution < 1.29 is 4.39 Å². The molecule has 0 fully saturated rings. The Morgan fingerprint density at radius 3 is 2.71 bits per heavy atom. The lowest BCUT2D eigenvalue weighted by Gasteiger charge is -2.08. The molecule has 0 aliphatic heterocycles. The first-order chi connectivity index (χ1) is 13.7. The van der Waals surface area contributed by atoms with Gasteiger partial charge in [0.25, 0.3) is 5.56 Å². The Morgan fingerprint density at radius 1 is 1.14 bits per heavy atom.